The Kier molecular flexibility index (Phi) is 5.07. The molecule has 132 valence electrons. The molecule has 4 nitrogen and oxygen atoms in total. The molecule has 2 amide bonds. The van der Waals surface area contributed by atoms with Crippen LogP contribution in [0.2, 0.25) is 10.0 Å². The minimum Gasteiger partial charge on any atom is -0.508 e. The molecule has 0 bridgehead atoms. The number of carbonyl (C=O) groups excluding carboxylic acids is 1. The van der Waals surface area contributed by atoms with Crippen LogP contribution in [0.5, 0.6) is 5.75 Å². The van der Waals surface area contributed by atoms with E-state index in [2.05, 4.69) is 17.2 Å². The van der Waals surface area contributed by atoms with Crippen molar-refractivity contribution in [1.29, 1.82) is 0 Å². The lowest BCUT2D eigenvalue weighted by molar-refractivity contribution is 0.262. The standard InChI is InChI=1S/C20H16Cl2N2O2/c1-3-12-8-11(2)4-7-18(12)23-20(26)24-19-15-9-13(25)5-6-14(15)16(21)10-17(19)22/h3-10,25H,1H2,2H3,(H2,23,24,26). The molecule has 0 saturated heterocycles. The fourth-order valence-corrected chi connectivity index (χ4v) is 3.28. The third kappa shape index (κ3) is 3.62. The van der Waals surface area contributed by atoms with Crippen molar-refractivity contribution in [1.82, 2.24) is 0 Å². The monoisotopic (exact) mass is 386 g/mol. The summed E-state index contributed by atoms with van der Waals surface area (Å²) in [6.45, 7) is 5.72. The lowest BCUT2D eigenvalue weighted by atomic mass is 10.1. The molecule has 0 aliphatic carbocycles. The van der Waals surface area contributed by atoms with Crippen LogP contribution in [0.25, 0.3) is 16.8 Å². The average Bonchev–Trinajstić information content (AvgIpc) is 2.59. The van der Waals surface area contributed by atoms with Gasteiger partial charge in [-0.15, -0.1) is 0 Å². The van der Waals surface area contributed by atoms with Gasteiger partial charge in [0.2, 0.25) is 0 Å². The number of aryl methyl sites for hydroxylation is 1. The maximum absolute atomic E-state index is 12.5. The van der Waals surface area contributed by atoms with Crippen LogP contribution in [0.4, 0.5) is 16.2 Å². The summed E-state index contributed by atoms with van der Waals surface area (Å²) < 4.78 is 0. The average molecular weight is 387 g/mol. The van der Waals surface area contributed by atoms with Gasteiger partial charge in [-0.3, -0.25) is 0 Å². The van der Waals surface area contributed by atoms with Crippen LogP contribution < -0.4 is 10.6 Å². The first-order valence-electron chi connectivity index (χ1n) is 7.81. The highest BCUT2D eigenvalue weighted by Crippen LogP contribution is 2.38. The molecule has 3 aromatic rings. The second-order valence-corrected chi connectivity index (χ2v) is 6.63. The summed E-state index contributed by atoms with van der Waals surface area (Å²) in [5.41, 5.74) is 2.87. The van der Waals surface area contributed by atoms with Crippen molar-refractivity contribution in [3.63, 3.8) is 0 Å². The van der Waals surface area contributed by atoms with Gasteiger partial charge in [0.25, 0.3) is 0 Å². The Morgan fingerprint density at radius 2 is 1.81 bits per heavy atom. The van der Waals surface area contributed by atoms with Gasteiger partial charge in [0, 0.05) is 16.5 Å². The first kappa shape index (κ1) is 18.1. The first-order chi connectivity index (χ1) is 12.4. The molecule has 26 heavy (non-hydrogen) atoms. The van der Waals surface area contributed by atoms with Crippen LogP contribution in [0.1, 0.15) is 11.1 Å². The van der Waals surface area contributed by atoms with Gasteiger partial charge in [0.05, 0.1) is 15.7 Å². The highest BCUT2D eigenvalue weighted by atomic mass is 35.5. The molecule has 0 unspecified atom stereocenters. The molecule has 3 aromatic carbocycles. The topological polar surface area (TPSA) is 61.4 Å². The molecular weight excluding hydrogens is 371 g/mol. The highest BCUT2D eigenvalue weighted by Gasteiger charge is 2.14. The van der Waals surface area contributed by atoms with Crippen molar-refractivity contribution < 1.29 is 9.90 Å². The van der Waals surface area contributed by atoms with Crippen LogP contribution in [0, 0.1) is 6.92 Å². The van der Waals surface area contributed by atoms with Gasteiger partial charge in [-0.2, -0.15) is 0 Å². The van der Waals surface area contributed by atoms with Crippen LogP contribution in [0.15, 0.2) is 49.0 Å². The van der Waals surface area contributed by atoms with Gasteiger partial charge in [-0.05, 0) is 48.9 Å². The number of phenols is 1. The van der Waals surface area contributed by atoms with E-state index in [1.165, 1.54) is 12.1 Å². The summed E-state index contributed by atoms with van der Waals surface area (Å²) in [4.78, 5) is 12.5. The van der Waals surface area contributed by atoms with Crippen molar-refractivity contribution >= 4 is 57.5 Å². The zero-order valence-corrected chi connectivity index (χ0v) is 15.4. The summed E-state index contributed by atoms with van der Waals surface area (Å²) >= 11 is 12.5. The minimum absolute atomic E-state index is 0.0479. The number of hydrogen-bond donors (Lipinski definition) is 3. The Morgan fingerprint density at radius 1 is 1.04 bits per heavy atom. The summed E-state index contributed by atoms with van der Waals surface area (Å²) in [5.74, 6) is 0.0479. The number of nitrogens with one attached hydrogen (secondary N) is 2. The normalized spacial score (nSPS) is 10.6. The molecule has 6 heteroatoms. The van der Waals surface area contributed by atoms with E-state index in [9.17, 15) is 9.90 Å². The van der Waals surface area contributed by atoms with Gasteiger partial charge < -0.3 is 15.7 Å². The predicted octanol–water partition coefficient (Wildman–Crippen LogP) is 6.45. The molecule has 3 N–H and O–H groups in total. The molecule has 0 atom stereocenters. The van der Waals surface area contributed by atoms with Gasteiger partial charge >= 0.3 is 6.03 Å². The van der Waals surface area contributed by atoms with Crippen LogP contribution >= 0.6 is 23.2 Å². The Labute approximate surface area is 161 Å². The fraction of sp³-hybridized carbons (Fsp3) is 0.0500. The van der Waals surface area contributed by atoms with E-state index in [-0.39, 0.29) is 10.8 Å². The van der Waals surface area contributed by atoms with Crippen molar-refractivity contribution in [3.05, 3.63) is 70.2 Å². The zero-order valence-electron chi connectivity index (χ0n) is 13.9. The minimum atomic E-state index is -0.467. The Balaban J connectivity index is 1.95. The molecule has 3 rings (SSSR count). The summed E-state index contributed by atoms with van der Waals surface area (Å²) in [5, 5.41) is 17.2. The van der Waals surface area contributed by atoms with Gasteiger partial charge in [0.15, 0.2) is 0 Å². The Bertz CT molecular complexity index is 1030. The molecule has 0 heterocycles. The lowest BCUT2D eigenvalue weighted by Crippen LogP contribution is -2.20. The van der Waals surface area contributed by atoms with E-state index in [1.54, 1.807) is 24.3 Å². The number of urea groups is 1. The van der Waals surface area contributed by atoms with Gasteiger partial charge in [-0.25, -0.2) is 4.79 Å². The molecule has 0 radical (unpaired) electrons. The molecule has 0 spiro atoms. The number of hydrogen-bond acceptors (Lipinski definition) is 2. The number of rotatable bonds is 3. The van der Waals surface area contributed by atoms with E-state index in [0.29, 0.717) is 27.2 Å². The van der Waals surface area contributed by atoms with Gasteiger partial charge in [0.1, 0.15) is 5.75 Å². The van der Waals surface area contributed by atoms with Crippen molar-refractivity contribution in [2.24, 2.45) is 0 Å². The third-order valence-electron chi connectivity index (χ3n) is 3.94. The van der Waals surface area contributed by atoms with E-state index in [4.69, 9.17) is 23.2 Å². The zero-order chi connectivity index (χ0) is 18.8. The summed E-state index contributed by atoms with van der Waals surface area (Å²) in [6.07, 6.45) is 1.67. The molecule has 0 aliphatic rings. The Morgan fingerprint density at radius 3 is 2.54 bits per heavy atom. The number of phenolic OH excluding ortho intramolecular Hbond substituents is 1. The fourth-order valence-electron chi connectivity index (χ4n) is 2.70. The number of halogens is 2. The number of amides is 2. The van der Waals surface area contributed by atoms with E-state index in [0.717, 1.165) is 11.1 Å². The third-order valence-corrected chi connectivity index (χ3v) is 4.55. The highest BCUT2D eigenvalue weighted by molar-refractivity contribution is 6.41. The number of anilines is 2. The van der Waals surface area contributed by atoms with Crippen LogP contribution in [-0.4, -0.2) is 11.1 Å². The SMILES string of the molecule is C=Cc1cc(C)ccc1NC(=O)Nc1c(Cl)cc(Cl)c2ccc(O)cc12. The molecule has 0 saturated carbocycles. The summed E-state index contributed by atoms with van der Waals surface area (Å²) in [6, 6.07) is 11.4. The van der Waals surface area contributed by atoms with E-state index >= 15 is 0 Å². The lowest BCUT2D eigenvalue weighted by Gasteiger charge is -2.14. The molecule has 0 aliphatic heterocycles. The number of carbonyl (C=O) groups is 1. The van der Waals surface area contributed by atoms with Crippen molar-refractivity contribution in [2.45, 2.75) is 6.92 Å². The quantitative estimate of drug-likeness (QED) is 0.484. The predicted molar refractivity (Wildman–Crippen MR) is 110 cm³/mol. The second-order valence-electron chi connectivity index (χ2n) is 5.82. The Hall–Kier alpha value is -2.69. The second kappa shape index (κ2) is 7.28. The molecular formula is C20H16Cl2N2O2. The van der Waals surface area contributed by atoms with Crippen LogP contribution in [0.3, 0.4) is 0 Å². The number of fused-ring (bicyclic) bond motifs is 1. The number of benzene rings is 3. The maximum Gasteiger partial charge on any atom is 0.323 e. The van der Waals surface area contributed by atoms with E-state index < -0.39 is 6.03 Å². The molecule has 0 fully saturated rings. The van der Waals surface area contributed by atoms with Crippen molar-refractivity contribution in [2.75, 3.05) is 10.6 Å². The number of aromatic hydroxyl groups is 1. The maximum atomic E-state index is 12.5. The molecule has 0 aromatic heterocycles. The van der Waals surface area contributed by atoms with E-state index in [1.807, 2.05) is 19.1 Å². The smallest absolute Gasteiger partial charge is 0.323 e. The van der Waals surface area contributed by atoms with Gasteiger partial charge in [-0.1, -0.05) is 47.5 Å². The first-order valence-corrected chi connectivity index (χ1v) is 8.56. The largest absolute Gasteiger partial charge is 0.508 e. The van der Waals surface area contributed by atoms with Crippen molar-refractivity contribution in [3.8, 4) is 5.75 Å². The van der Waals surface area contributed by atoms with Crippen LogP contribution in [-0.2, 0) is 0 Å². The summed E-state index contributed by atoms with van der Waals surface area (Å²) in [7, 11) is 0.